The van der Waals surface area contributed by atoms with Crippen LogP contribution in [-0.4, -0.2) is 11.1 Å². The molecule has 0 rings (SSSR count). The Morgan fingerprint density at radius 2 is 1.10 bits per heavy atom. The van der Waals surface area contributed by atoms with Crippen LogP contribution >= 0.6 is 0 Å². The van der Waals surface area contributed by atoms with E-state index < -0.39 is 5.97 Å². The second-order valence-electron chi connectivity index (χ2n) is 6.28. The molecule has 0 unspecified atom stereocenters. The van der Waals surface area contributed by atoms with E-state index in [2.05, 4.69) is 13.5 Å². The number of carboxylic acid groups (broad SMARTS) is 1. The third kappa shape index (κ3) is 17.2. The van der Waals surface area contributed by atoms with Crippen molar-refractivity contribution in [3.63, 3.8) is 0 Å². The summed E-state index contributed by atoms with van der Waals surface area (Å²) < 4.78 is 0. The van der Waals surface area contributed by atoms with Gasteiger partial charge in [-0.2, -0.15) is 0 Å². The zero-order valence-corrected chi connectivity index (χ0v) is 14.2. The van der Waals surface area contributed by atoms with Crippen molar-refractivity contribution in [3.8, 4) is 0 Å². The number of hydrogen-bond acceptors (Lipinski definition) is 1. The van der Waals surface area contributed by atoms with Crippen molar-refractivity contribution in [2.75, 3.05) is 0 Å². The molecule has 0 spiro atoms. The minimum Gasteiger partial charge on any atom is -0.481 e. The highest BCUT2D eigenvalue weighted by molar-refractivity contribution is 5.66. The Hall–Kier alpha value is -0.790. The maximum absolute atomic E-state index is 10.4. The normalized spacial score (nSPS) is 10.7. The standard InChI is InChI=1S/C19H36O2/c1-3-4-5-9-12-15-18(2)16-13-10-7-6-8-11-14-17-19(20)21/h2-17H2,1H3,(H,20,21). The molecule has 0 saturated heterocycles. The summed E-state index contributed by atoms with van der Waals surface area (Å²) in [7, 11) is 0. The molecule has 0 atom stereocenters. The smallest absolute Gasteiger partial charge is 0.303 e. The molecule has 0 radical (unpaired) electrons. The quantitative estimate of drug-likeness (QED) is 0.261. The van der Waals surface area contributed by atoms with E-state index in [1.807, 2.05) is 0 Å². The van der Waals surface area contributed by atoms with E-state index >= 15 is 0 Å². The van der Waals surface area contributed by atoms with Gasteiger partial charge in [-0.3, -0.25) is 4.79 Å². The van der Waals surface area contributed by atoms with E-state index in [0.29, 0.717) is 6.42 Å². The van der Waals surface area contributed by atoms with Gasteiger partial charge < -0.3 is 5.11 Å². The number of hydrogen-bond donors (Lipinski definition) is 1. The summed E-state index contributed by atoms with van der Waals surface area (Å²) in [6.07, 6.45) is 17.7. The van der Waals surface area contributed by atoms with Crippen LogP contribution in [0.2, 0.25) is 0 Å². The van der Waals surface area contributed by atoms with E-state index in [1.54, 1.807) is 0 Å². The van der Waals surface area contributed by atoms with Gasteiger partial charge in [-0.15, -0.1) is 0 Å². The van der Waals surface area contributed by atoms with Crippen LogP contribution < -0.4 is 0 Å². The summed E-state index contributed by atoms with van der Waals surface area (Å²) in [5, 5.41) is 8.53. The first kappa shape index (κ1) is 20.2. The van der Waals surface area contributed by atoms with E-state index in [9.17, 15) is 4.79 Å². The van der Waals surface area contributed by atoms with E-state index in [4.69, 9.17) is 5.11 Å². The number of rotatable bonds is 16. The predicted molar refractivity (Wildman–Crippen MR) is 91.7 cm³/mol. The summed E-state index contributed by atoms with van der Waals surface area (Å²) in [6, 6.07) is 0. The Morgan fingerprint density at radius 1 is 0.714 bits per heavy atom. The third-order valence-electron chi connectivity index (χ3n) is 4.05. The molecular weight excluding hydrogens is 260 g/mol. The van der Waals surface area contributed by atoms with Gasteiger partial charge in [0.25, 0.3) is 0 Å². The molecule has 0 aromatic carbocycles. The van der Waals surface area contributed by atoms with Crippen LogP contribution in [0.4, 0.5) is 0 Å². The molecule has 0 aromatic rings. The van der Waals surface area contributed by atoms with Crippen LogP contribution in [0.5, 0.6) is 0 Å². The predicted octanol–water partition coefficient (Wildman–Crippen LogP) is 6.50. The summed E-state index contributed by atoms with van der Waals surface area (Å²) in [4.78, 5) is 10.4. The third-order valence-corrected chi connectivity index (χ3v) is 4.05. The molecule has 2 heteroatoms. The number of unbranched alkanes of at least 4 members (excludes halogenated alkanes) is 10. The molecule has 0 bridgehead atoms. The van der Waals surface area contributed by atoms with Crippen molar-refractivity contribution in [2.45, 2.75) is 103 Å². The van der Waals surface area contributed by atoms with Gasteiger partial charge in [0.2, 0.25) is 0 Å². The van der Waals surface area contributed by atoms with Gasteiger partial charge in [0, 0.05) is 6.42 Å². The van der Waals surface area contributed by atoms with Crippen molar-refractivity contribution in [1.29, 1.82) is 0 Å². The van der Waals surface area contributed by atoms with Gasteiger partial charge in [0.1, 0.15) is 0 Å². The monoisotopic (exact) mass is 296 g/mol. The van der Waals surface area contributed by atoms with Gasteiger partial charge in [0.05, 0.1) is 0 Å². The minimum atomic E-state index is -0.664. The van der Waals surface area contributed by atoms with Gasteiger partial charge in [-0.25, -0.2) is 0 Å². The maximum atomic E-state index is 10.4. The highest BCUT2D eigenvalue weighted by atomic mass is 16.4. The Balaban J connectivity index is 3.16. The molecule has 0 aliphatic heterocycles. The molecule has 124 valence electrons. The topological polar surface area (TPSA) is 37.3 Å². The SMILES string of the molecule is C=C(CCCCCCC)CCCCCCCCCC(=O)O. The van der Waals surface area contributed by atoms with Crippen LogP contribution in [0, 0.1) is 0 Å². The lowest BCUT2D eigenvalue weighted by molar-refractivity contribution is -0.137. The number of allylic oxidation sites excluding steroid dienone is 1. The summed E-state index contributed by atoms with van der Waals surface area (Å²) in [6.45, 7) is 6.45. The minimum absolute atomic E-state index is 0.331. The number of carboxylic acids is 1. The van der Waals surface area contributed by atoms with Crippen molar-refractivity contribution >= 4 is 5.97 Å². The molecule has 0 aromatic heterocycles. The zero-order chi connectivity index (χ0) is 15.8. The molecular formula is C19H36O2. The molecule has 0 amide bonds. The van der Waals surface area contributed by atoms with Crippen molar-refractivity contribution < 1.29 is 9.90 Å². The molecule has 1 N–H and O–H groups in total. The Kier molecular flexibility index (Phi) is 15.0. The Bertz CT molecular complexity index is 258. The number of carbonyl (C=O) groups is 1. The number of aliphatic carboxylic acids is 1. The second-order valence-corrected chi connectivity index (χ2v) is 6.28. The van der Waals surface area contributed by atoms with Crippen molar-refractivity contribution in [1.82, 2.24) is 0 Å². The lowest BCUT2D eigenvalue weighted by atomic mass is 10.0. The second kappa shape index (κ2) is 15.6. The first-order chi connectivity index (χ1) is 10.2. The first-order valence-corrected chi connectivity index (χ1v) is 9.05. The average molecular weight is 296 g/mol. The molecule has 0 aliphatic carbocycles. The van der Waals surface area contributed by atoms with Crippen LogP contribution in [0.3, 0.4) is 0 Å². The fraction of sp³-hybridized carbons (Fsp3) is 0.842. The van der Waals surface area contributed by atoms with Crippen LogP contribution in [0.1, 0.15) is 103 Å². The molecule has 0 saturated carbocycles. The fourth-order valence-corrected chi connectivity index (χ4v) is 2.64. The summed E-state index contributed by atoms with van der Waals surface area (Å²) >= 11 is 0. The lowest BCUT2D eigenvalue weighted by Crippen LogP contribution is -1.93. The van der Waals surface area contributed by atoms with Gasteiger partial charge in [0.15, 0.2) is 0 Å². The lowest BCUT2D eigenvalue weighted by Gasteiger charge is -2.06. The maximum Gasteiger partial charge on any atom is 0.303 e. The molecule has 0 aliphatic rings. The Labute approximate surface area is 132 Å². The molecule has 2 nitrogen and oxygen atoms in total. The van der Waals surface area contributed by atoms with Gasteiger partial charge in [-0.05, 0) is 32.1 Å². The molecule has 0 fully saturated rings. The largest absolute Gasteiger partial charge is 0.481 e. The molecule has 0 heterocycles. The van der Waals surface area contributed by atoms with Crippen LogP contribution in [0.25, 0.3) is 0 Å². The summed E-state index contributed by atoms with van der Waals surface area (Å²) in [5.74, 6) is -0.664. The van der Waals surface area contributed by atoms with Crippen molar-refractivity contribution in [2.24, 2.45) is 0 Å². The van der Waals surface area contributed by atoms with Crippen molar-refractivity contribution in [3.05, 3.63) is 12.2 Å². The van der Waals surface area contributed by atoms with Gasteiger partial charge in [-0.1, -0.05) is 76.9 Å². The highest BCUT2D eigenvalue weighted by Crippen LogP contribution is 2.16. The fourth-order valence-electron chi connectivity index (χ4n) is 2.64. The highest BCUT2D eigenvalue weighted by Gasteiger charge is 1.98. The van der Waals surface area contributed by atoms with E-state index in [0.717, 1.165) is 12.8 Å². The van der Waals surface area contributed by atoms with Gasteiger partial charge >= 0.3 is 5.97 Å². The first-order valence-electron chi connectivity index (χ1n) is 9.05. The van der Waals surface area contributed by atoms with Crippen LogP contribution in [-0.2, 0) is 4.79 Å². The molecule has 21 heavy (non-hydrogen) atoms. The summed E-state index contributed by atoms with van der Waals surface area (Å²) in [5.41, 5.74) is 1.44. The van der Waals surface area contributed by atoms with E-state index in [1.165, 1.54) is 82.6 Å². The Morgan fingerprint density at radius 3 is 1.52 bits per heavy atom. The van der Waals surface area contributed by atoms with Crippen LogP contribution in [0.15, 0.2) is 12.2 Å². The zero-order valence-electron chi connectivity index (χ0n) is 14.2. The average Bonchev–Trinajstić information content (AvgIpc) is 2.45. The van der Waals surface area contributed by atoms with E-state index in [-0.39, 0.29) is 0 Å².